The topological polar surface area (TPSA) is 79.6 Å². The van der Waals surface area contributed by atoms with Gasteiger partial charge >= 0.3 is 0 Å². The maximum absolute atomic E-state index is 13.3. The summed E-state index contributed by atoms with van der Waals surface area (Å²) < 4.78 is 29.7. The molecule has 184 valence electrons. The van der Waals surface area contributed by atoms with E-state index in [1.54, 1.807) is 23.8 Å². The predicted octanol–water partition coefficient (Wildman–Crippen LogP) is 4.09. The number of hydrogen-bond donors (Lipinski definition) is 1. The number of benzene rings is 1. The van der Waals surface area contributed by atoms with E-state index in [-0.39, 0.29) is 0 Å². The van der Waals surface area contributed by atoms with Crippen LogP contribution >= 0.6 is 11.6 Å². The number of sulfonamides is 1. The Balaban J connectivity index is 1.30. The minimum absolute atomic E-state index is 0.294. The number of hydrogen-bond acceptors (Lipinski definition) is 5. The molecule has 2 aliphatic rings. The van der Waals surface area contributed by atoms with E-state index in [0.717, 1.165) is 30.4 Å². The second-order valence-electron chi connectivity index (χ2n) is 9.08. The Morgan fingerprint density at radius 1 is 1.25 bits per heavy atom. The molecule has 1 N–H and O–H groups in total. The second-order valence-corrected chi connectivity index (χ2v) is 11.5. The van der Waals surface area contributed by atoms with Gasteiger partial charge in [0.2, 0.25) is 10.0 Å². The fourth-order valence-corrected chi connectivity index (χ4v) is 6.46. The summed E-state index contributed by atoms with van der Waals surface area (Å²) >= 11 is 6.40. The number of allylic oxidation sites excluding steroid dienone is 5. The molecule has 2 aromatic heterocycles. The smallest absolute Gasteiger partial charge is 0.243 e. The van der Waals surface area contributed by atoms with E-state index in [4.69, 9.17) is 19.4 Å². The Morgan fingerprint density at radius 2 is 2.08 bits per heavy atom. The van der Waals surface area contributed by atoms with Crippen molar-refractivity contribution in [2.24, 2.45) is 5.92 Å². The SMILES string of the molecule is [B]c1cnn2c(NCCCN(C)S(=O)(=O)C3=C4C=CCCC4CC=C3)cc(-c3ccccc3Cl)nc12. The quantitative estimate of drug-likeness (QED) is 0.358. The summed E-state index contributed by atoms with van der Waals surface area (Å²) in [5.41, 5.74) is 3.40. The van der Waals surface area contributed by atoms with E-state index in [9.17, 15) is 8.42 Å². The van der Waals surface area contributed by atoms with Crippen LogP contribution in [-0.4, -0.2) is 55.3 Å². The summed E-state index contributed by atoms with van der Waals surface area (Å²) in [6, 6.07) is 9.36. The van der Waals surface area contributed by atoms with Crippen LogP contribution in [0.15, 0.2) is 71.3 Å². The molecule has 3 aromatic rings. The maximum atomic E-state index is 13.3. The van der Waals surface area contributed by atoms with E-state index in [1.165, 1.54) is 4.31 Å². The molecule has 1 aromatic carbocycles. The monoisotopic (exact) mass is 519 g/mol. The van der Waals surface area contributed by atoms with E-state index in [2.05, 4.69) is 21.5 Å². The van der Waals surface area contributed by atoms with E-state index in [1.807, 2.05) is 42.5 Å². The van der Waals surface area contributed by atoms with Gasteiger partial charge in [0.15, 0.2) is 5.65 Å². The van der Waals surface area contributed by atoms with Crippen molar-refractivity contribution in [1.29, 1.82) is 0 Å². The summed E-state index contributed by atoms with van der Waals surface area (Å²) in [5.74, 6) is 0.996. The lowest BCUT2D eigenvalue weighted by molar-refractivity contribution is 0.469. The molecule has 1 atom stereocenters. The first-order valence-electron chi connectivity index (χ1n) is 12.0. The van der Waals surface area contributed by atoms with Crippen molar-refractivity contribution in [2.45, 2.75) is 25.7 Å². The summed E-state index contributed by atoms with van der Waals surface area (Å²) in [7, 11) is 4.17. The molecule has 2 aliphatic carbocycles. The van der Waals surface area contributed by atoms with Gasteiger partial charge in [0.25, 0.3) is 0 Å². The average molecular weight is 520 g/mol. The molecule has 0 amide bonds. The van der Waals surface area contributed by atoms with Crippen LogP contribution in [0, 0.1) is 5.92 Å². The molecule has 0 saturated carbocycles. The Kier molecular flexibility index (Phi) is 7.06. The molecule has 5 rings (SSSR count). The van der Waals surface area contributed by atoms with Crippen LogP contribution in [0.2, 0.25) is 5.02 Å². The van der Waals surface area contributed by atoms with Gasteiger partial charge in [-0.25, -0.2) is 17.7 Å². The van der Waals surface area contributed by atoms with E-state index < -0.39 is 10.0 Å². The third-order valence-electron chi connectivity index (χ3n) is 6.69. The molecule has 7 nitrogen and oxygen atoms in total. The highest BCUT2D eigenvalue weighted by atomic mass is 35.5. The maximum Gasteiger partial charge on any atom is 0.243 e. The molecule has 0 fully saturated rings. The summed E-state index contributed by atoms with van der Waals surface area (Å²) in [4.78, 5) is 5.07. The molecule has 2 heterocycles. The third-order valence-corrected chi connectivity index (χ3v) is 8.95. The van der Waals surface area contributed by atoms with Crippen molar-refractivity contribution in [2.75, 3.05) is 25.5 Å². The first kappa shape index (κ1) is 24.8. The number of rotatable bonds is 8. The molecule has 0 spiro atoms. The van der Waals surface area contributed by atoms with Gasteiger partial charge in [-0.05, 0) is 54.8 Å². The first-order valence-corrected chi connectivity index (χ1v) is 13.8. The van der Waals surface area contributed by atoms with Crippen molar-refractivity contribution >= 4 is 46.4 Å². The van der Waals surface area contributed by atoms with Crippen molar-refractivity contribution in [1.82, 2.24) is 18.9 Å². The lowest BCUT2D eigenvalue weighted by atomic mass is 9.84. The highest BCUT2D eigenvalue weighted by Gasteiger charge is 2.30. The molecule has 36 heavy (non-hydrogen) atoms. The minimum Gasteiger partial charge on any atom is -0.370 e. The second kappa shape index (κ2) is 10.2. The van der Waals surface area contributed by atoms with Gasteiger partial charge in [-0.2, -0.15) is 9.61 Å². The zero-order chi connectivity index (χ0) is 25.3. The molecule has 0 bridgehead atoms. The van der Waals surface area contributed by atoms with Crippen LogP contribution < -0.4 is 10.8 Å². The lowest BCUT2D eigenvalue weighted by Gasteiger charge is -2.28. The fraction of sp³-hybridized carbons (Fsp3) is 0.308. The largest absolute Gasteiger partial charge is 0.370 e. The summed E-state index contributed by atoms with van der Waals surface area (Å²) in [6.07, 6.45) is 12.9. The zero-order valence-corrected chi connectivity index (χ0v) is 21.6. The molecular formula is C26H27BClN5O2S. The molecule has 0 aliphatic heterocycles. The van der Waals surface area contributed by atoms with Crippen LogP contribution in [0.4, 0.5) is 5.82 Å². The highest BCUT2D eigenvalue weighted by molar-refractivity contribution is 7.93. The fourth-order valence-electron chi connectivity index (χ4n) is 4.72. The molecule has 10 heteroatoms. The lowest BCUT2D eigenvalue weighted by Crippen LogP contribution is -2.31. The molecule has 2 radical (unpaired) electrons. The average Bonchev–Trinajstić information content (AvgIpc) is 3.26. The van der Waals surface area contributed by atoms with Crippen molar-refractivity contribution in [3.8, 4) is 11.3 Å². The first-order chi connectivity index (χ1) is 17.4. The minimum atomic E-state index is -3.57. The van der Waals surface area contributed by atoms with Crippen LogP contribution in [0.3, 0.4) is 0 Å². The van der Waals surface area contributed by atoms with Crippen LogP contribution in [-0.2, 0) is 10.0 Å². The van der Waals surface area contributed by atoms with Crippen LogP contribution in [0.5, 0.6) is 0 Å². The Morgan fingerprint density at radius 3 is 2.92 bits per heavy atom. The zero-order valence-electron chi connectivity index (χ0n) is 20.1. The normalized spacial score (nSPS) is 17.7. The van der Waals surface area contributed by atoms with Crippen LogP contribution in [0.1, 0.15) is 25.7 Å². The van der Waals surface area contributed by atoms with E-state index in [0.29, 0.717) is 58.0 Å². The van der Waals surface area contributed by atoms with Crippen molar-refractivity contribution in [3.63, 3.8) is 0 Å². The van der Waals surface area contributed by atoms with Gasteiger partial charge in [0, 0.05) is 43.0 Å². The molecule has 0 saturated heterocycles. The number of nitrogens with one attached hydrogen (secondary N) is 1. The Hall–Kier alpha value is -2.88. The van der Waals surface area contributed by atoms with Crippen LogP contribution in [0.25, 0.3) is 16.9 Å². The number of aromatic nitrogens is 3. The number of fused-ring (bicyclic) bond motifs is 2. The highest BCUT2D eigenvalue weighted by Crippen LogP contribution is 2.36. The van der Waals surface area contributed by atoms with Crippen molar-refractivity contribution < 1.29 is 8.42 Å². The van der Waals surface area contributed by atoms with Gasteiger partial charge < -0.3 is 5.32 Å². The predicted molar refractivity (Wildman–Crippen MR) is 146 cm³/mol. The molecular weight excluding hydrogens is 493 g/mol. The Labute approximate surface area is 218 Å². The van der Waals surface area contributed by atoms with Gasteiger partial charge in [-0.1, -0.05) is 48.0 Å². The third kappa shape index (κ3) is 4.75. The van der Waals surface area contributed by atoms with Gasteiger partial charge in [0.05, 0.1) is 10.6 Å². The number of nitrogens with zero attached hydrogens (tertiary/aromatic N) is 4. The van der Waals surface area contributed by atoms with Gasteiger partial charge in [0.1, 0.15) is 13.7 Å². The standard InChI is InChI=1S/C26H27BClN5O2S/c1-32(36(34,35)24-13-6-9-18-8-2-3-10-19(18)24)15-7-14-29-25-16-23(20-11-4-5-12-22(20)28)31-26-21(27)17-30-33(25)26/h3-6,10-13,16-18,29H,2,7-9,14-15H2,1H3. The molecule has 1 unspecified atom stereocenters. The van der Waals surface area contributed by atoms with Crippen molar-refractivity contribution in [3.05, 3.63) is 76.3 Å². The number of anilines is 1. The number of halogens is 1. The van der Waals surface area contributed by atoms with E-state index >= 15 is 0 Å². The Bertz CT molecular complexity index is 1500. The summed E-state index contributed by atoms with van der Waals surface area (Å²) in [5, 5.41) is 8.29. The van der Waals surface area contributed by atoms with Gasteiger partial charge in [-0.15, -0.1) is 0 Å². The van der Waals surface area contributed by atoms with Gasteiger partial charge in [-0.3, -0.25) is 0 Å². The summed E-state index contributed by atoms with van der Waals surface area (Å²) in [6.45, 7) is 0.909.